The van der Waals surface area contributed by atoms with Gasteiger partial charge >= 0.3 is 5.97 Å². The number of aromatic carboxylic acids is 1. The fourth-order valence-electron chi connectivity index (χ4n) is 1.91. The minimum atomic E-state index is -1.06. The van der Waals surface area contributed by atoms with Crippen molar-refractivity contribution in [3.8, 4) is 0 Å². The number of nitrogens with one attached hydrogen (secondary N) is 1. The summed E-state index contributed by atoms with van der Waals surface area (Å²) in [7, 11) is 0. The standard InChI is InChI=1S/C14H13BrN2O4/c1-7-12(8(2)21-17-7)6-13(18)16-11-4-9(14(19)20)3-10(15)5-11/h3-5H,6H2,1-2H3,(H,16,18)(H,19,20). The van der Waals surface area contributed by atoms with Crippen LogP contribution in [0.4, 0.5) is 5.69 Å². The van der Waals surface area contributed by atoms with Gasteiger partial charge in [0.1, 0.15) is 5.76 Å². The fraction of sp³-hybridized carbons (Fsp3) is 0.214. The fourth-order valence-corrected chi connectivity index (χ4v) is 2.40. The Kier molecular flexibility index (Phi) is 4.42. The number of halogens is 1. The van der Waals surface area contributed by atoms with E-state index in [-0.39, 0.29) is 17.9 Å². The molecule has 0 spiro atoms. The molecule has 0 bridgehead atoms. The van der Waals surface area contributed by atoms with Crippen LogP contribution in [-0.2, 0) is 11.2 Å². The molecule has 0 fully saturated rings. The molecular weight excluding hydrogens is 340 g/mol. The molecule has 1 amide bonds. The highest BCUT2D eigenvalue weighted by Gasteiger charge is 2.14. The number of amides is 1. The highest BCUT2D eigenvalue weighted by atomic mass is 79.9. The van der Waals surface area contributed by atoms with E-state index in [9.17, 15) is 9.59 Å². The first-order valence-corrected chi connectivity index (χ1v) is 6.91. The third-order valence-electron chi connectivity index (χ3n) is 2.95. The molecule has 0 radical (unpaired) electrons. The quantitative estimate of drug-likeness (QED) is 0.882. The number of carboxylic acid groups (broad SMARTS) is 1. The third kappa shape index (κ3) is 3.69. The molecule has 0 aliphatic carbocycles. The Morgan fingerprint density at radius 2 is 2.05 bits per heavy atom. The monoisotopic (exact) mass is 352 g/mol. The van der Waals surface area contributed by atoms with Crippen LogP contribution in [0.3, 0.4) is 0 Å². The summed E-state index contributed by atoms with van der Waals surface area (Å²) < 4.78 is 5.58. The molecule has 2 N–H and O–H groups in total. The van der Waals surface area contributed by atoms with Crippen molar-refractivity contribution >= 4 is 33.5 Å². The molecule has 1 heterocycles. The summed E-state index contributed by atoms with van der Waals surface area (Å²) in [5, 5.41) is 15.5. The molecule has 2 rings (SSSR count). The third-order valence-corrected chi connectivity index (χ3v) is 3.40. The minimum absolute atomic E-state index is 0.0945. The summed E-state index contributed by atoms with van der Waals surface area (Å²) in [5.41, 5.74) is 1.92. The van der Waals surface area contributed by atoms with Gasteiger partial charge < -0.3 is 14.9 Å². The van der Waals surface area contributed by atoms with E-state index in [1.807, 2.05) is 0 Å². The van der Waals surface area contributed by atoms with Crippen LogP contribution in [-0.4, -0.2) is 22.1 Å². The van der Waals surface area contributed by atoms with Crippen molar-refractivity contribution in [2.45, 2.75) is 20.3 Å². The van der Waals surface area contributed by atoms with Crippen LogP contribution >= 0.6 is 15.9 Å². The van der Waals surface area contributed by atoms with Gasteiger partial charge in [-0.15, -0.1) is 0 Å². The molecule has 0 atom stereocenters. The van der Waals surface area contributed by atoms with Gasteiger partial charge in [-0.1, -0.05) is 21.1 Å². The number of nitrogens with zero attached hydrogens (tertiary/aromatic N) is 1. The molecule has 2 aromatic rings. The highest BCUT2D eigenvalue weighted by Crippen LogP contribution is 2.20. The van der Waals surface area contributed by atoms with Gasteiger partial charge in [0, 0.05) is 15.7 Å². The van der Waals surface area contributed by atoms with Crippen LogP contribution in [0.2, 0.25) is 0 Å². The van der Waals surface area contributed by atoms with Crippen molar-refractivity contribution in [3.05, 3.63) is 45.3 Å². The van der Waals surface area contributed by atoms with E-state index >= 15 is 0 Å². The maximum Gasteiger partial charge on any atom is 0.335 e. The van der Waals surface area contributed by atoms with Crippen LogP contribution < -0.4 is 5.32 Å². The summed E-state index contributed by atoms with van der Waals surface area (Å²) >= 11 is 3.22. The van der Waals surface area contributed by atoms with Gasteiger partial charge in [-0.05, 0) is 32.0 Å². The Hall–Kier alpha value is -2.15. The molecule has 6 nitrogen and oxygen atoms in total. The summed E-state index contributed by atoms with van der Waals surface area (Å²) in [6.07, 6.45) is 0.121. The molecule has 7 heteroatoms. The molecule has 0 unspecified atom stereocenters. The lowest BCUT2D eigenvalue weighted by molar-refractivity contribution is -0.115. The van der Waals surface area contributed by atoms with Gasteiger partial charge in [-0.2, -0.15) is 0 Å². The van der Waals surface area contributed by atoms with Crippen molar-refractivity contribution in [3.63, 3.8) is 0 Å². The molecule has 110 valence electrons. The van der Waals surface area contributed by atoms with E-state index in [0.29, 0.717) is 21.6 Å². The Bertz CT molecular complexity index is 689. The molecule has 0 saturated heterocycles. The first-order valence-electron chi connectivity index (χ1n) is 6.12. The smallest absolute Gasteiger partial charge is 0.335 e. The van der Waals surface area contributed by atoms with Crippen LogP contribution in [0.1, 0.15) is 27.4 Å². The number of anilines is 1. The largest absolute Gasteiger partial charge is 0.478 e. The van der Waals surface area contributed by atoms with E-state index in [0.717, 1.165) is 5.56 Å². The SMILES string of the molecule is Cc1noc(C)c1CC(=O)Nc1cc(Br)cc(C(=O)O)c1. The van der Waals surface area contributed by atoms with Crippen LogP contribution in [0.25, 0.3) is 0 Å². The van der Waals surface area contributed by atoms with Crippen molar-refractivity contribution in [2.75, 3.05) is 5.32 Å². The molecular formula is C14H13BrN2O4. The van der Waals surface area contributed by atoms with Crippen LogP contribution in [0, 0.1) is 13.8 Å². The highest BCUT2D eigenvalue weighted by molar-refractivity contribution is 9.10. The summed E-state index contributed by atoms with van der Waals surface area (Å²) in [6, 6.07) is 4.50. The second-order valence-electron chi connectivity index (χ2n) is 4.56. The predicted molar refractivity (Wildman–Crippen MR) is 79.4 cm³/mol. The van der Waals surface area contributed by atoms with Gasteiger partial charge in [-0.25, -0.2) is 4.79 Å². The Labute approximate surface area is 129 Å². The second-order valence-corrected chi connectivity index (χ2v) is 5.48. The first kappa shape index (κ1) is 15.2. The van der Waals surface area contributed by atoms with E-state index in [4.69, 9.17) is 9.63 Å². The number of aryl methyl sites for hydroxylation is 2. The van der Waals surface area contributed by atoms with Crippen LogP contribution in [0.15, 0.2) is 27.2 Å². The Morgan fingerprint density at radius 1 is 1.33 bits per heavy atom. The topological polar surface area (TPSA) is 92.4 Å². The first-order chi connectivity index (χ1) is 9.86. The summed E-state index contributed by atoms with van der Waals surface area (Å²) in [5.74, 6) is -0.723. The van der Waals surface area contributed by atoms with Gasteiger partial charge in [0.15, 0.2) is 0 Å². The van der Waals surface area contributed by atoms with Crippen molar-refractivity contribution < 1.29 is 19.2 Å². The van der Waals surface area contributed by atoms with Crippen LogP contribution in [0.5, 0.6) is 0 Å². The molecule has 0 aliphatic rings. The van der Waals surface area contributed by atoms with E-state index < -0.39 is 5.97 Å². The van der Waals surface area contributed by atoms with Crippen molar-refractivity contribution in [1.29, 1.82) is 0 Å². The Balaban J connectivity index is 2.15. The van der Waals surface area contributed by atoms with Crippen molar-refractivity contribution in [1.82, 2.24) is 5.16 Å². The Morgan fingerprint density at radius 3 is 2.62 bits per heavy atom. The van der Waals surface area contributed by atoms with Gasteiger partial charge in [0.25, 0.3) is 0 Å². The number of rotatable bonds is 4. The van der Waals surface area contributed by atoms with Gasteiger partial charge in [-0.3, -0.25) is 4.79 Å². The van der Waals surface area contributed by atoms with Gasteiger partial charge in [0.2, 0.25) is 5.91 Å². The van der Waals surface area contributed by atoms with Gasteiger partial charge in [0.05, 0.1) is 17.7 Å². The summed E-state index contributed by atoms with van der Waals surface area (Å²) in [6.45, 7) is 3.50. The van der Waals surface area contributed by atoms with E-state index in [2.05, 4.69) is 26.4 Å². The lowest BCUT2D eigenvalue weighted by atomic mass is 10.1. The number of carboxylic acids is 1. The lowest BCUT2D eigenvalue weighted by Crippen LogP contribution is -2.15. The normalized spacial score (nSPS) is 10.4. The average molecular weight is 353 g/mol. The van der Waals surface area contributed by atoms with E-state index in [1.165, 1.54) is 12.1 Å². The number of carbonyl (C=O) groups is 2. The zero-order valence-corrected chi connectivity index (χ0v) is 13.0. The molecule has 1 aromatic carbocycles. The molecule has 0 aliphatic heterocycles. The molecule has 0 saturated carbocycles. The predicted octanol–water partition coefficient (Wildman–Crippen LogP) is 2.93. The zero-order chi connectivity index (χ0) is 15.6. The number of benzene rings is 1. The summed E-state index contributed by atoms with van der Waals surface area (Å²) in [4.78, 5) is 23.0. The second kappa shape index (κ2) is 6.09. The molecule has 1 aromatic heterocycles. The minimum Gasteiger partial charge on any atom is -0.478 e. The number of hydrogen-bond acceptors (Lipinski definition) is 4. The van der Waals surface area contributed by atoms with Crippen molar-refractivity contribution in [2.24, 2.45) is 0 Å². The number of hydrogen-bond donors (Lipinski definition) is 2. The number of aromatic nitrogens is 1. The maximum absolute atomic E-state index is 12.0. The van der Waals surface area contributed by atoms with E-state index in [1.54, 1.807) is 19.9 Å². The zero-order valence-electron chi connectivity index (χ0n) is 11.4. The lowest BCUT2D eigenvalue weighted by Gasteiger charge is -2.07. The molecule has 21 heavy (non-hydrogen) atoms. The number of carbonyl (C=O) groups excluding carboxylic acids is 1. The maximum atomic E-state index is 12.0. The average Bonchev–Trinajstić information content (AvgIpc) is 2.69.